The van der Waals surface area contributed by atoms with Gasteiger partial charge in [0.05, 0.1) is 12.2 Å². The third-order valence-corrected chi connectivity index (χ3v) is 2.25. The molecule has 0 N–H and O–H groups in total. The Morgan fingerprint density at radius 2 is 2.00 bits per heavy atom. The second-order valence-electron chi connectivity index (χ2n) is 3.43. The molecule has 0 heterocycles. The first-order valence-electron chi connectivity index (χ1n) is 5.13. The van der Waals surface area contributed by atoms with Crippen LogP contribution < -0.4 is 0 Å². The van der Waals surface area contributed by atoms with E-state index in [2.05, 4.69) is 0 Å². The fourth-order valence-electron chi connectivity index (χ4n) is 1.31. The highest BCUT2D eigenvalue weighted by Crippen LogP contribution is 2.17. The van der Waals surface area contributed by atoms with E-state index in [-0.39, 0.29) is 24.2 Å². The van der Waals surface area contributed by atoms with Gasteiger partial charge in [0.1, 0.15) is 0 Å². The second-order valence-corrected chi connectivity index (χ2v) is 3.43. The smallest absolute Gasteiger partial charge is 0.169 e. The first-order chi connectivity index (χ1) is 7.57. The van der Waals surface area contributed by atoms with E-state index in [0.717, 1.165) is 0 Å². The highest BCUT2D eigenvalue weighted by molar-refractivity contribution is 5.96. The predicted molar refractivity (Wildman–Crippen MR) is 56.5 cm³/mol. The highest BCUT2D eigenvalue weighted by atomic mass is 19.2. The number of halogens is 2. The summed E-state index contributed by atoms with van der Waals surface area (Å²) < 4.78 is 31.5. The lowest BCUT2D eigenvalue weighted by Crippen LogP contribution is -2.08. The minimum Gasteiger partial charge on any atom is -0.381 e. The molecule has 0 atom stereocenters. The summed E-state index contributed by atoms with van der Waals surface area (Å²) in [5, 5.41) is 0. The van der Waals surface area contributed by atoms with Crippen LogP contribution in [-0.2, 0) is 4.74 Å². The Labute approximate surface area is 93.2 Å². The summed E-state index contributed by atoms with van der Waals surface area (Å²) in [6.07, 6.45) is 0.0628. The van der Waals surface area contributed by atoms with Gasteiger partial charge in [0.2, 0.25) is 0 Å². The molecule has 88 valence electrons. The van der Waals surface area contributed by atoms with Gasteiger partial charge in [-0.2, -0.15) is 0 Å². The lowest BCUT2D eigenvalue weighted by Gasteiger charge is -2.05. The molecule has 0 radical (unpaired) electrons. The van der Waals surface area contributed by atoms with Gasteiger partial charge in [0, 0.05) is 13.0 Å². The normalized spacial score (nSPS) is 10.5. The van der Waals surface area contributed by atoms with E-state index in [9.17, 15) is 13.6 Å². The summed E-state index contributed by atoms with van der Waals surface area (Å²) in [4.78, 5) is 11.5. The Balaban J connectivity index is 2.80. The molecule has 0 aliphatic carbocycles. The fourth-order valence-corrected chi connectivity index (χ4v) is 1.31. The quantitative estimate of drug-likeness (QED) is 0.572. The number of ketones is 1. The molecule has 0 aliphatic rings. The molecule has 0 unspecified atom stereocenters. The molecule has 2 nitrogen and oxygen atoms in total. The van der Waals surface area contributed by atoms with Crippen LogP contribution in [0.15, 0.2) is 12.1 Å². The Kier molecular flexibility index (Phi) is 4.55. The first-order valence-corrected chi connectivity index (χ1v) is 5.13. The van der Waals surface area contributed by atoms with E-state index in [1.54, 1.807) is 6.92 Å². The molecule has 16 heavy (non-hydrogen) atoms. The fraction of sp³-hybridized carbons (Fsp3) is 0.417. The van der Waals surface area contributed by atoms with Gasteiger partial charge in [0.25, 0.3) is 0 Å². The van der Waals surface area contributed by atoms with Crippen LogP contribution in [0.5, 0.6) is 0 Å². The number of carbonyl (C=O) groups excluding carboxylic acids is 1. The van der Waals surface area contributed by atoms with Gasteiger partial charge in [-0.05, 0) is 25.5 Å². The maximum absolute atomic E-state index is 13.4. The van der Waals surface area contributed by atoms with Crippen molar-refractivity contribution < 1.29 is 18.3 Å². The molecule has 1 aromatic rings. The molecule has 0 spiro atoms. The van der Waals surface area contributed by atoms with Gasteiger partial charge < -0.3 is 4.74 Å². The summed E-state index contributed by atoms with van der Waals surface area (Å²) in [6, 6.07) is 2.70. The first kappa shape index (κ1) is 12.8. The number of Topliss-reactive ketones (excluding diaryl/α,β-unsaturated/α-hetero) is 1. The molecule has 0 aliphatic heterocycles. The van der Waals surface area contributed by atoms with Crippen LogP contribution in [0.4, 0.5) is 8.78 Å². The molecule has 4 heteroatoms. The third kappa shape index (κ3) is 2.85. The molecular weight excluding hydrogens is 214 g/mol. The largest absolute Gasteiger partial charge is 0.381 e. The summed E-state index contributed by atoms with van der Waals surface area (Å²) in [6.45, 7) is 3.98. The summed E-state index contributed by atoms with van der Waals surface area (Å²) in [7, 11) is 0. The zero-order chi connectivity index (χ0) is 12.1. The molecule has 0 saturated heterocycles. The summed E-state index contributed by atoms with van der Waals surface area (Å²) in [5.74, 6) is -2.46. The minimum atomic E-state index is -1.07. The van der Waals surface area contributed by atoms with Crippen LogP contribution in [0.2, 0.25) is 0 Å². The molecule has 0 amide bonds. The van der Waals surface area contributed by atoms with E-state index in [1.165, 1.54) is 19.1 Å². The van der Waals surface area contributed by atoms with Gasteiger partial charge in [-0.15, -0.1) is 0 Å². The van der Waals surface area contributed by atoms with Gasteiger partial charge >= 0.3 is 0 Å². The molecule has 1 aromatic carbocycles. The second kappa shape index (κ2) is 5.70. The van der Waals surface area contributed by atoms with Crippen LogP contribution in [0.1, 0.15) is 29.3 Å². The number of ether oxygens (including phenoxy) is 1. The Bertz CT molecular complexity index is 389. The van der Waals surface area contributed by atoms with Crippen molar-refractivity contribution in [3.63, 3.8) is 0 Å². The van der Waals surface area contributed by atoms with Gasteiger partial charge in [-0.1, -0.05) is 6.07 Å². The maximum Gasteiger partial charge on any atom is 0.169 e. The van der Waals surface area contributed by atoms with Crippen LogP contribution >= 0.6 is 0 Å². The van der Waals surface area contributed by atoms with E-state index in [0.29, 0.717) is 6.61 Å². The van der Waals surface area contributed by atoms with E-state index >= 15 is 0 Å². The number of hydrogen-bond acceptors (Lipinski definition) is 2. The molecule has 0 saturated carbocycles. The summed E-state index contributed by atoms with van der Waals surface area (Å²) in [5.41, 5.74) is -0.0124. The van der Waals surface area contributed by atoms with Crippen molar-refractivity contribution in [2.75, 3.05) is 13.2 Å². The van der Waals surface area contributed by atoms with Crippen molar-refractivity contribution in [2.45, 2.75) is 20.3 Å². The average Bonchev–Trinajstić information content (AvgIpc) is 2.26. The monoisotopic (exact) mass is 228 g/mol. The van der Waals surface area contributed by atoms with Crippen LogP contribution in [0, 0.1) is 18.6 Å². The lowest BCUT2D eigenvalue weighted by molar-refractivity contribution is 0.0891. The molecule has 1 rings (SSSR count). The van der Waals surface area contributed by atoms with Crippen LogP contribution in [0.3, 0.4) is 0 Å². The van der Waals surface area contributed by atoms with E-state index < -0.39 is 17.4 Å². The summed E-state index contributed by atoms with van der Waals surface area (Å²) >= 11 is 0. The predicted octanol–water partition coefficient (Wildman–Crippen LogP) is 2.88. The van der Waals surface area contributed by atoms with E-state index in [4.69, 9.17) is 4.74 Å². The van der Waals surface area contributed by atoms with Gasteiger partial charge in [-0.25, -0.2) is 8.78 Å². The number of hydrogen-bond donors (Lipinski definition) is 0. The third-order valence-electron chi connectivity index (χ3n) is 2.25. The van der Waals surface area contributed by atoms with Gasteiger partial charge in [-0.3, -0.25) is 4.79 Å². The van der Waals surface area contributed by atoms with Crippen molar-refractivity contribution in [3.05, 3.63) is 34.9 Å². The topological polar surface area (TPSA) is 26.3 Å². The number of benzene rings is 1. The van der Waals surface area contributed by atoms with Crippen molar-refractivity contribution in [1.82, 2.24) is 0 Å². The Morgan fingerprint density at radius 1 is 1.31 bits per heavy atom. The average molecular weight is 228 g/mol. The molecular formula is C12H14F2O2. The van der Waals surface area contributed by atoms with Crippen molar-refractivity contribution >= 4 is 5.78 Å². The zero-order valence-corrected chi connectivity index (χ0v) is 9.35. The number of aryl methyl sites for hydroxylation is 1. The standard InChI is InChI=1S/C12H14F2O2/c1-3-16-7-6-10(15)9-5-4-8(2)11(13)12(9)14/h4-5H,3,6-7H2,1-2H3. The van der Waals surface area contributed by atoms with Gasteiger partial charge in [0.15, 0.2) is 17.4 Å². The maximum atomic E-state index is 13.4. The van der Waals surface area contributed by atoms with Crippen LogP contribution in [-0.4, -0.2) is 19.0 Å². The van der Waals surface area contributed by atoms with E-state index in [1.807, 2.05) is 0 Å². The number of rotatable bonds is 5. The number of carbonyl (C=O) groups is 1. The molecule has 0 aromatic heterocycles. The van der Waals surface area contributed by atoms with Crippen LogP contribution in [0.25, 0.3) is 0 Å². The lowest BCUT2D eigenvalue weighted by atomic mass is 10.1. The SMILES string of the molecule is CCOCCC(=O)c1ccc(C)c(F)c1F. The Hall–Kier alpha value is -1.29. The van der Waals surface area contributed by atoms with Crippen molar-refractivity contribution in [1.29, 1.82) is 0 Å². The van der Waals surface area contributed by atoms with Crippen molar-refractivity contribution in [2.24, 2.45) is 0 Å². The van der Waals surface area contributed by atoms with Crippen molar-refractivity contribution in [3.8, 4) is 0 Å². The Morgan fingerprint density at radius 3 is 2.62 bits per heavy atom. The zero-order valence-electron chi connectivity index (χ0n) is 9.35. The molecule has 0 bridgehead atoms. The minimum absolute atomic E-state index is 0.0628. The molecule has 0 fully saturated rings. The highest BCUT2D eigenvalue weighted by Gasteiger charge is 2.16.